The SMILES string of the molecule is CC(Nc1ccc(CN(C)C)cc1)c1cc(F)ccc1O. The van der Waals surface area contributed by atoms with Gasteiger partial charge in [0.25, 0.3) is 0 Å². The molecule has 2 N–H and O–H groups in total. The fraction of sp³-hybridized carbons (Fsp3) is 0.294. The highest BCUT2D eigenvalue weighted by molar-refractivity contribution is 5.48. The molecule has 1 unspecified atom stereocenters. The topological polar surface area (TPSA) is 35.5 Å². The van der Waals surface area contributed by atoms with Gasteiger partial charge in [0.2, 0.25) is 0 Å². The van der Waals surface area contributed by atoms with Crippen LogP contribution in [0.25, 0.3) is 0 Å². The summed E-state index contributed by atoms with van der Waals surface area (Å²) in [4.78, 5) is 2.11. The monoisotopic (exact) mass is 288 g/mol. The summed E-state index contributed by atoms with van der Waals surface area (Å²) in [5, 5.41) is 13.1. The van der Waals surface area contributed by atoms with Gasteiger partial charge in [0.15, 0.2) is 0 Å². The Labute approximate surface area is 125 Å². The third-order valence-electron chi connectivity index (χ3n) is 3.29. The maximum Gasteiger partial charge on any atom is 0.123 e. The minimum Gasteiger partial charge on any atom is -0.508 e. The number of nitrogens with one attached hydrogen (secondary N) is 1. The van der Waals surface area contributed by atoms with Gasteiger partial charge in [-0.25, -0.2) is 4.39 Å². The standard InChI is InChI=1S/C17H21FN2O/c1-12(16-10-14(18)6-9-17(16)21)19-15-7-4-13(5-8-15)11-20(2)3/h4-10,12,19,21H,11H2,1-3H3. The molecule has 0 saturated heterocycles. The Balaban J connectivity index is 2.08. The summed E-state index contributed by atoms with van der Waals surface area (Å²) in [6.07, 6.45) is 0. The van der Waals surface area contributed by atoms with Gasteiger partial charge in [-0.15, -0.1) is 0 Å². The number of benzene rings is 2. The van der Waals surface area contributed by atoms with Crippen LogP contribution in [0.1, 0.15) is 24.1 Å². The first-order chi connectivity index (χ1) is 9.95. The first-order valence-electron chi connectivity index (χ1n) is 6.94. The van der Waals surface area contributed by atoms with E-state index in [9.17, 15) is 9.50 Å². The van der Waals surface area contributed by atoms with Gasteiger partial charge in [0.1, 0.15) is 11.6 Å². The smallest absolute Gasteiger partial charge is 0.123 e. The van der Waals surface area contributed by atoms with Crippen molar-refractivity contribution in [2.75, 3.05) is 19.4 Å². The third-order valence-corrected chi connectivity index (χ3v) is 3.29. The molecule has 0 saturated carbocycles. The van der Waals surface area contributed by atoms with Gasteiger partial charge in [0, 0.05) is 17.8 Å². The van der Waals surface area contributed by atoms with Crippen molar-refractivity contribution in [1.82, 2.24) is 4.90 Å². The number of hydrogen-bond donors (Lipinski definition) is 2. The normalized spacial score (nSPS) is 12.4. The molecule has 112 valence electrons. The van der Waals surface area contributed by atoms with Crippen molar-refractivity contribution in [2.45, 2.75) is 19.5 Å². The Morgan fingerprint density at radius 3 is 2.43 bits per heavy atom. The first kappa shape index (κ1) is 15.3. The predicted molar refractivity (Wildman–Crippen MR) is 83.9 cm³/mol. The van der Waals surface area contributed by atoms with Crippen LogP contribution in [0, 0.1) is 5.82 Å². The summed E-state index contributed by atoms with van der Waals surface area (Å²) < 4.78 is 13.3. The molecule has 21 heavy (non-hydrogen) atoms. The largest absolute Gasteiger partial charge is 0.508 e. The molecule has 1 atom stereocenters. The highest BCUT2D eigenvalue weighted by Gasteiger charge is 2.11. The zero-order valence-corrected chi connectivity index (χ0v) is 12.6. The molecule has 3 nitrogen and oxygen atoms in total. The zero-order chi connectivity index (χ0) is 15.4. The maximum absolute atomic E-state index is 13.3. The summed E-state index contributed by atoms with van der Waals surface area (Å²) >= 11 is 0. The van der Waals surface area contributed by atoms with Crippen molar-refractivity contribution in [2.24, 2.45) is 0 Å². The quantitative estimate of drug-likeness (QED) is 0.879. The highest BCUT2D eigenvalue weighted by atomic mass is 19.1. The van der Waals surface area contributed by atoms with Gasteiger partial charge in [-0.3, -0.25) is 0 Å². The second kappa shape index (κ2) is 6.59. The van der Waals surface area contributed by atoms with Crippen molar-refractivity contribution in [1.29, 1.82) is 0 Å². The Morgan fingerprint density at radius 2 is 1.81 bits per heavy atom. The van der Waals surface area contributed by atoms with Crippen molar-refractivity contribution in [3.63, 3.8) is 0 Å². The van der Waals surface area contributed by atoms with Crippen LogP contribution in [-0.2, 0) is 6.54 Å². The van der Waals surface area contributed by atoms with Gasteiger partial charge >= 0.3 is 0 Å². The zero-order valence-electron chi connectivity index (χ0n) is 12.6. The summed E-state index contributed by atoms with van der Waals surface area (Å²) in [6.45, 7) is 2.78. The molecular weight excluding hydrogens is 267 g/mol. The Bertz CT molecular complexity index is 596. The number of rotatable bonds is 5. The fourth-order valence-corrected chi connectivity index (χ4v) is 2.27. The molecule has 0 bridgehead atoms. The van der Waals surface area contributed by atoms with E-state index in [1.165, 1.54) is 23.8 Å². The average molecular weight is 288 g/mol. The van der Waals surface area contributed by atoms with E-state index < -0.39 is 0 Å². The number of anilines is 1. The van der Waals surface area contributed by atoms with Crippen LogP contribution in [0.2, 0.25) is 0 Å². The maximum atomic E-state index is 13.3. The van der Waals surface area contributed by atoms with Gasteiger partial charge in [-0.05, 0) is 56.9 Å². The second-order valence-corrected chi connectivity index (χ2v) is 5.50. The van der Waals surface area contributed by atoms with E-state index in [-0.39, 0.29) is 17.6 Å². The van der Waals surface area contributed by atoms with Gasteiger partial charge in [0.05, 0.1) is 6.04 Å². The number of nitrogens with zero attached hydrogens (tertiary/aromatic N) is 1. The lowest BCUT2D eigenvalue weighted by molar-refractivity contribution is 0.402. The molecular formula is C17H21FN2O. The van der Waals surface area contributed by atoms with Crippen molar-refractivity contribution >= 4 is 5.69 Å². The number of phenols is 1. The van der Waals surface area contributed by atoms with E-state index in [0.29, 0.717) is 5.56 Å². The molecule has 0 radical (unpaired) electrons. The summed E-state index contributed by atoms with van der Waals surface area (Å²) in [6, 6.07) is 11.9. The molecule has 0 amide bonds. The number of phenolic OH excluding ortho intramolecular Hbond substituents is 1. The Kier molecular flexibility index (Phi) is 4.81. The lowest BCUT2D eigenvalue weighted by Crippen LogP contribution is -2.11. The van der Waals surface area contributed by atoms with Crippen LogP contribution in [0.3, 0.4) is 0 Å². The van der Waals surface area contributed by atoms with Gasteiger partial charge < -0.3 is 15.3 Å². The summed E-state index contributed by atoms with van der Waals surface area (Å²) in [5.74, 6) is -0.251. The van der Waals surface area contributed by atoms with Crippen molar-refractivity contribution < 1.29 is 9.50 Å². The molecule has 0 aliphatic rings. The molecule has 0 aliphatic heterocycles. The average Bonchev–Trinajstić information content (AvgIpc) is 2.43. The molecule has 2 rings (SSSR count). The molecule has 4 heteroatoms. The molecule has 2 aromatic carbocycles. The summed E-state index contributed by atoms with van der Waals surface area (Å²) in [7, 11) is 4.06. The predicted octanol–water partition coefficient (Wildman–Crippen LogP) is 3.77. The van der Waals surface area contributed by atoms with Crippen LogP contribution in [0.5, 0.6) is 5.75 Å². The molecule has 0 aromatic heterocycles. The van der Waals surface area contributed by atoms with Crippen LogP contribution >= 0.6 is 0 Å². The second-order valence-electron chi connectivity index (χ2n) is 5.50. The molecule has 0 fully saturated rings. The van der Waals surface area contributed by atoms with Crippen LogP contribution in [0.4, 0.5) is 10.1 Å². The molecule has 0 heterocycles. The lowest BCUT2D eigenvalue weighted by atomic mass is 10.1. The van der Waals surface area contributed by atoms with Gasteiger partial charge in [-0.1, -0.05) is 12.1 Å². The van der Waals surface area contributed by atoms with Crippen LogP contribution in [0.15, 0.2) is 42.5 Å². The van der Waals surface area contributed by atoms with Crippen molar-refractivity contribution in [3.8, 4) is 5.75 Å². The van der Waals surface area contributed by atoms with Crippen LogP contribution < -0.4 is 5.32 Å². The van der Waals surface area contributed by atoms with E-state index >= 15 is 0 Å². The van der Waals surface area contributed by atoms with E-state index in [1.807, 2.05) is 33.2 Å². The fourth-order valence-electron chi connectivity index (χ4n) is 2.27. The number of halogens is 1. The van der Waals surface area contributed by atoms with E-state index in [2.05, 4.69) is 22.3 Å². The molecule has 0 spiro atoms. The Hall–Kier alpha value is -2.07. The Morgan fingerprint density at radius 1 is 1.14 bits per heavy atom. The molecule has 2 aromatic rings. The summed E-state index contributed by atoms with van der Waals surface area (Å²) in [5.41, 5.74) is 2.72. The molecule has 0 aliphatic carbocycles. The van der Waals surface area contributed by atoms with Crippen LogP contribution in [-0.4, -0.2) is 24.1 Å². The minimum atomic E-state index is -0.349. The lowest BCUT2D eigenvalue weighted by Gasteiger charge is -2.17. The van der Waals surface area contributed by atoms with E-state index in [1.54, 1.807) is 0 Å². The number of hydrogen-bond acceptors (Lipinski definition) is 3. The first-order valence-corrected chi connectivity index (χ1v) is 6.94. The highest BCUT2D eigenvalue weighted by Crippen LogP contribution is 2.27. The number of aromatic hydroxyl groups is 1. The van der Waals surface area contributed by atoms with Gasteiger partial charge in [-0.2, -0.15) is 0 Å². The third kappa shape index (κ3) is 4.20. The van der Waals surface area contributed by atoms with E-state index in [4.69, 9.17) is 0 Å². The van der Waals surface area contributed by atoms with Crippen molar-refractivity contribution in [3.05, 3.63) is 59.4 Å². The minimum absolute atomic E-state index is 0.0978. The van der Waals surface area contributed by atoms with E-state index in [0.717, 1.165) is 12.2 Å².